The quantitative estimate of drug-likeness (QED) is 0.644. The van der Waals surface area contributed by atoms with E-state index in [-0.39, 0.29) is 23.1 Å². The first-order chi connectivity index (χ1) is 13.2. The SMILES string of the molecule is Cc1cc(C(=O)c2ccc(C(=O)c3cc(C)c(O)c(C)c3)cc2)cc(C)c1O. The Morgan fingerprint density at radius 2 is 0.786 bits per heavy atom. The van der Waals surface area contributed by atoms with Crippen LogP contribution < -0.4 is 0 Å². The van der Waals surface area contributed by atoms with Crippen molar-refractivity contribution in [3.8, 4) is 11.5 Å². The molecule has 0 atom stereocenters. The lowest BCUT2D eigenvalue weighted by atomic mass is 9.95. The molecule has 3 aromatic carbocycles. The number of carbonyl (C=O) groups is 2. The van der Waals surface area contributed by atoms with E-state index in [1.54, 1.807) is 76.2 Å². The Kier molecular flexibility index (Phi) is 5.06. The van der Waals surface area contributed by atoms with E-state index in [9.17, 15) is 19.8 Å². The fraction of sp³-hybridized carbons (Fsp3) is 0.167. The van der Waals surface area contributed by atoms with Crippen molar-refractivity contribution in [2.24, 2.45) is 0 Å². The highest BCUT2D eigenvalue weighted by Crippen LogP contribution is 2.26. The molecule has 28 heavy (non-hydrogen) atoms. The molecule has 0 saturated heterocycles. The van der Waals surface area contributed by atoms with Crippen molar-refractivity contribution < 1.29 is 19.8 Å². The van der Waals surface area contributed by atoms with Gasteiger partial charge >= 0.3 is 0 Å². The molecular formula is C24H22O4. The Hall–Kier alpha value is -3.40. The van der Waals surface area contributed by atoms with Crippen molar-refractivity contribution in [1.82, 2.24) is 0 Å². The second-order valence-electron chi connectivity index (χ2n) is 7.15. The van der Waals surface area contributed by atoms with Gasteiger partial charge < -0.3 is 10.2 Å². The van der Waals surface area contributed by atoms with E-state index in [1.165, 1.54) is 0 Å². The second kappa shape index (κ2) is 7.31. The minimum Gasteiger partial charge on any atom is -0.507 e. The molecule has 2 N–H and O–H groups in total. The highest BCUT2D eigenvalue weighted by atomic mass is 16.3. The molecule has 0 amide bonds. The third-order valence-electron chi connectivity index (χ3n) is 4.92. The summed E-state index contributed by atoms with van der Waals surface area (Å²) >= 11 is 0. The van der Waals surface area contributed by atoms with Crippen LogP contribution in [0.25, 0.3) is 0 Å². The van der Waals surface area contributed by atoms with Crippen molar-refractivity contribution in [3.05, 3.63) is 93.0 Å². The summed E-state index contributed by atoms with van der Waals surface area (Å²) in [5, 5.41) is 19.8. The molecule has 0 aliphatic carbocycles. The Bertz CT molecular complexity index is 958. The van der Waals surface area contributed by atoms with Crippen molar-refractivity contribution in [1.29, 1.82) is 0 Å². The molecule has 0 radical (unpaired) electrons. The zero-order valence-corrected chi connectivity index (χ0v) is 16.3. The summed E-state index contributed by atoms with van der Waals surface area (Å²) in [7, 11) is 0. The van der Waals surface area contributed by atoms with Crippen molar-refractivity contribution >= 4 is 11.6 Å². The normalized spacial score (nSPS) is 10.7. The maximum absolute atomic E-state index is 12.7. The minimum absolute atomic E-state index is 0.165. The number of hydrogen-bond donors (Lipinski definition) is 2. The van der Waals surface area contributed by atoms with Crippen LogP contribution in [0.15, 0.2) is 48.5 Å². The summed E-state index contributed by atoms with van der Waals surface area (Å²) in [4.78, 5) is 25.5. The number of phenolic OH excluding ortho intramolecular Hbond substituents is 2. The van der Waals surface area contributed by atoms with Gasteiger partial charge in [0.25, 0.3) is 0 Å². The third kappa shape index (κ3) is 3.54. The molecule has 0 unspecified atom stereocenters. The molecule has 3 aromatic rings. The average Bonchev–Trinajstić information content (AvgIpc) is 2.68. The van der Waals surface area contributed by atoms with Crippen LogP contribution in [-0.4, -0.2) is 21.8 Å². The highest BCUT2D eigenvalue weighted by molar-refractivity contribution is 6.12. The lowest BCUT2D eigenvalue weighted by Crippen LogP contribution is -2.05. The van der Waals surface area contributed by atoms with Gasteiger partial charge in [-0.25, -0.2) is 0 Å². The van der Waals surface area contributed by atoms with Crippen molar-refractivity contribution in [2.45, 2.75) is 27.7 Å². The molecule has 3 rings (SSSR count). The molecule has 0 aliphatic rings. The summed E-state index contributed by atoms with van der Waals surface area (Å²) < 4.78 is 0. The number of ketones is 2. The molecule has 4 heteroatoms. The van der Waals surface area contributed by atoms with E-state index in [0.717, 1.165) is 0 Å². The Morgan fingerprint density at radius 3 is 1.04 bits per heavy atom. The van der Waals surface area contributed by atoms with Crippen LogP contribution in [0.5, 0.6) is 11.5 Å². The van der Waals surface area contributed by atoms with Crippen LogP contribution >= 0.6 is 0 Å². The first kappa shape index (κ1) is 19.4. The van der Waals surface area contributed by atoms with Gasteiger partial charge in [-0.15, -0.1) is 0 Å². The number of aromatic hydroxyl groups is 2. The van der Waals surface area contributed by atoms with Gasteiger partial charge in [-0.2, -0.15) is 0 Å². The summed E-state index contributed by atoms with van der Waals surface area (Å²) in [6, 6.07) is 13.2. The monoisotopic (exact) mass is 374 g/mol. The Balaban J connectivity index is 1.89. The molecule has 0 heterocycles. The fourth-order valence-corrected chi connectivity index (χ4v) is 3.28. The average molecular weight is 374 g/mol. The standard InChI is InChI=1S/C24H22O4/c1-13-9-19(10-14(2)21(13)25)23(27)17-5-7-18(8-6-17)24(28)20-11-15(3)22(26)16(4)12-20/h5-12,25-26H,1-4H3. The summed E-state index contributed by atoms with van der Waals surface area (Å²) in [5.74, 6) is 0.0528. The van der Waals surface area contributed by atoms with Gasteiger partial charge in [0.15, 0.2) is 11.6 Å². The van der Waals surface area contributed by atoms with Crippen LogP contribution in [0.4, 0.5) is 0 Å². The fourth-order valence-electron chi connectivity index (χ4n) is 3.28. The first-order valence-electron chi connectivity index (χ1n) is 8.99. The topological polar surface area (TPSA) is 74.6 Å². The van der Waals surface area contributed by atoms with E-state index in [0.29, 0.717) is 44.5 Å². The van der Waals surface area contributed by atoms with Gasteiger partial charge in [0.05, 0.1) is 0 Å². The van der Waals surface area contributed by atoms with Crippen LogP contribution in [0, 0.1) is 27.7 Å². The number of phenols is 2. The summed E-state index contributed by atoms with van der Waals surface area (Å²) in [5.41, 5.74) is 4.52. The molecule has 0 saturated carbocycles. The zero-order chi connectivity index (χ0) is 20.6. The predicted molar refractivity (Wildman–Crippen MR) is 108 cm³/mol. The molecule has 0 aliphatic heterocycles. The zero-order valence-electron chi connectivity index (χ0n) is 16.3. The van der Waals surface area contributed by atoms with Crippen LogP contribution in [-0.2, 0) is 0 Å². The van der Waals surface area contributed by atoms with E-state index in [1.807, 2.05) is 0 Å². The second-order valence-corrected chi connectivity index (χ2v) is 7.15. The Labute approximate surface area is 164 Å². The van der Waals surface area contributed by atoms with E-state index in [4.69, 9.17) is 0 Å². The number of carbonyl (C=O) groups excluding carboxylic acids is 2. The molecule has 4 nitrogen and oxygen atoms in total. The molecule has 0 fully saturated rings. The number of aryl methyl sites for hydroxylation is 4. The van der Waals surface area contributed by atoms with E-state index >= 15 is 0 Å². The molecule has 0 bridgehead atoms. The summed E-state index contributed by atoms with van der Waals surface area (Å²) in [6.07, 6.45) is 0. The number of hydrogen-bond acceptors (Lipinski definition) is 4. The highest BCUT2D eigenvalue weighted by Gasteiger charge is 2.15. The van der Waals surface area contributed by atoms with Crippen LogP contribution in [0.1, 0.15) is 54.1 Å². The lowest BCUT2D eigenvalue weighted by Gasteiger charge is -2.09. The maximum atomic E-state index is 12.7. The molecule has 0 spiro atoms. The number of rotatable bonds is 4. The molecule has 0 aromatic heterocycles. The van der Waals surface area contributed by atoms with Gasteiger partial charge in [-0.1, -0.05) is 24.3 Å². The third-order valence-corrected chi connectivity index (χ3v) is 4.92. The van der Waals surface area contributed by atoms with Gasteiger partial charge in [-0.3, -0.25) is 9.59 Å². The number of benzene rings is 3. The van der Waals surface area contributed by atoms with Crippen molar-refractivity contribution in [3.63, 3.8) is 0 Å². The smallest absolute Gasteiger partial charge is 0.193 e. The first-order valence-corrected chi connectivity index (χ1v) is 8.99. The van der Waals surface area contributed by atoms with Crippen LogP contribution in [0.2, 0.25) is 0 Å². The molecule has 142 valence electrons. The lowest BCUT2D eigenvalue weighted by molar-refractivity contribution is 0.102. The van der Waals surface area contributed by atoms with E-state index in [2.05, 4.69) is 0 Å². The molecular weight excluding hydrogens is 352 g/mol. The van der Waals surface area contributed by atoms with Crippen molar-refractivity contribution in [2.75, 3.05) is 0 Å². The maximum Gasteiger partial charge on any atom is 0.193 e. The van der Waals surface area contributed by atoms with Gasteiger partial charge in [0.1, 0.15) is 11.5 Å². The largest absolute Gasteiger partial charge is 0.507 e. The van der Waals surface area contributed by atoms with E-state index < -0.39 is 0 Å². The van der Waals surface area contributed by atoms with Gasteiger partial charge in [0, 0.05) is 22.3 Å². The summed E-state index contributed by atoms with van der Waals surface area (Å²) in [6.45, 7) is 7.01. The van der Waals surface area contributed by atoms with Gasteiger partial charge in [0.2, 0.25) is 0 Å². The van der Waals surface area contributed by atoms with Crippen LogP contribution in [0.3, 0.4) is 0 Å². The minimum atomic E-state index is -0.165. The Morgan fingerprint density at radius 1 is 0.536 bits per heavy atom. The predicted octanol–water partition coefficient (Wildman–Crippen LogP) is 4.79. The van der Waals surface area contributed by atoms with Gasteiger partial charge in [-0.05, 0) is 74.2 Å².